The zero-order valence-electron chi connectivity index (χ0n) is 19.3. The maximum absolute atomic E-state index is 15.9. The Morgan fingerprint density at radius 1 is 1.34 bits per heavy atom. The van der Waals surface area contributed by atoms with E-state index in [0.717, 1.165) is 11.8 Å². The number of carbonyl (C=O) groups excluding carboxylic acids is 1. The molecule has 186 valence electrons. The average Bonchev–Trinajstić information content (AvgIpc) is 3.21. The van der Waals surface area contributed by atoms with Gasteiger partial charge >= 0.3 is 0 Å². The lowest BCUT2D eigenvalue weighted by atomic mass is 9.83. The number of hydrogen-bond donors (Lipinski definition) is 2. The number of amides is 1. The van der Waals surface area contributed by atoms with Crippen LogP contribution < -0.4 is 15.8 Å². The van der Waals surface area contributed by atoms with Gasteiger partial charge in [0.1, 0.15) is 11.6 Å². The van der Waals surface area contributed by atoms with E-state index in [9.17, 15) is 4.79 Å². The Balaban J connectivity index is 1.86. The van der Waals surface area contributed by atoms with Crippen LogP contribution in [0.5, 0.6) is 5.75 Å². The minimum atomic E-state index is -1.93. The number of carbonyl (C=O) groups is 1. The highest BCUT2D eigenvalue weighted by atomic mass is 35.5. The van der Waals surface area contributed by atoms with Gasteiger partial charge in [-0.05, 0) is 12.6 Å². The number of nitrogens with two attached hydrogens (primary N) is 1. The van der Waals surface area contributed by atoms with Gasteiger partial charge in [0.15, 0.2) is 18.0 Å². The van der Waals surface area contributed by atoms with Gasteiger partial charge in [0.05, 0.1) is 23.8 Å². The number of likely N-dealkylation sites (N-methyl/N-ethyl adjacent to an activating group) is 1. The molecule has 2 aliphatic heterocycles. The standard InChI is InChI=1S/C25H26ClF2N3O4/c1-30-13-25(14-6-4-3-5-7-14)11-15-18(35-25)10-17(27)21(26)19(15)20-16(23(29)32)12-31-24(22(20)28)34-9-8-33-2/h3-7,10,12,22,24,30H,8-9,11,13H2,1-2H3,(H2,29,32)/t22?,24?,25-/m1/s1. The van der Waals surface area contributed by atoms with Gasteiger partial charge in [0.25, 0.3) is 5.91 Å². The molecule has 0 radical (unpaired) electrons. The van der Waals surface area contributed by atoms with Crippen LogP contribution >= 0.6 is 11.6 Å². The number of dihydropyridines is 1. The number of nitrogens with one attached hydrogen (secondary N) is 1. The molecule has 3 N–H and O–H groups in total. The predicted octanol–water partition coefficient (Wildman–Crippen LogP) is 3.18. The van der Waals surface area contributed by atoms with Gasteiger partial charge in [-0.3, -0.25) is 9.79 Å². The predicted molar refractivity (Wildman–Crippen MR) is 129 cm³/mol. The molecule has 7 nitrogen and oxygen atoms in total. The Bertz CT molecular complexity index is 1180. The van der Waals surface area contributed by atoms with Crippen molar-refractivity contribution < 1.29 is 27.8 Å². The normalized spacial score (nSPS) is 23.3. The van der Waals surface area contributed by atoms with Crippen molar-refractivity contribution in [1.82, 2.24) is 5.32 Å². The number of nitrogens with zero attached hydrogens (tertiary/aromatic N) is 1. The molecule has 4 rings (SSSR count). The molecule has 0 fully saturated rings. The summed E-state index contributed by atoms with van der Waals surface area (Å²) in [6, 6.07) is 10.6. The van der Waals surface area contributed by atoms with Gasteiger partial charge in [-0.2, -0.15) is 0 Å². The molecule has 2 aliphatic rings. The quantitative estimate of drug-likeness (QED) is 0.510. The summed E-state index contributed by atoms with van der Waals surface area (Å²) in [7, 11) is 3.26. The van der Waals surface area contributed by atoms with Crippen molar-refractivity contribution in [2.24, 2.45) is 10.7 Å². The molecule has 0 bridgehead atoms. The summed E-state index contributed by atoms with van der Waals surface area (Å²) in [6.45, 7) is 0.666. The number of alkyl halides is 1. The molecule has 0 saturated heterocycles. The van der Waals surface area contributed by atoms with Crippen LogP contribution in [0.25, 0.3) is 5.57 Å². The third kappa shape index (κ3) is 4.69. The average molecular weight is 506 g/mol. The molecule has 10 heteroatoms. The van der Waals surface area contributed by atoms with E-state index < -0.39 is 29.7 Å². The number of ether oxygens (including phenoxy) is 3. The summed E-state index contributed by atoms with van der Waals surface area (Å²) in [5, 5.41) is 2.79. The molecule has 0 spiro atoms. The highest BCUT2D eigenvalue weighted by Gasteiger charge is 2.45. The fourth-order valence-electron chi connectivity index (χ4n) is 4.54. The number of rotatable bonds is 9. The summed E-state index contributed by atoms with van der Waals surface area (Å²) in [6.07, 6.45) is -1.82. The molecule has 2 heterocycles. The number of halogens is 3. The summed E-state index contributed by atoms with van der Waals surface area (Å²) in [5.74, 6) is -1.51. The molecular formula is C25H26ClF2N3O4. The van der Waals surface area contributed by atoms with Crippen LogP contribution in [0.2, 0.25) is 5.02 Å². The lowest BCUT2D eigenvalue weighted by Gasteiger charge is -2.29. The lowest BCUT2D eigenvalue weighted by molar-refractivity contribution is -0.114. The fraction of sp³-hybridized carbons (Fsp3) is 0.360. The molecule has 0 aromatic heterocycles. The first kappa shape index (κ1) is 25.2. The van der Waals surface area contributed by atoms with Gasteiger partial charge < -0.3 is 25.3 Å². The van der Waals surface area contributed by atoms with Gasteiger partial charge in [0, 0.05) is 49.1 Å². The van der Waals surface area contributed by atoms with Crippen LogP contribution in [-0.4, -0.2) is 58.4 Å². The van der Waals surface area contributed by atoms with Crippen LogP contribution in [0, 0.1) is 5.82 Å². The summed E-state index contributed by atoms with van der Waals surface area (Å²) in [5.41, 5.74) is 5.62. The van der Waals surface area contributed by atoms with E-state index in [4.69, 9.17) is 31.5 Å². The molecule has 0 aliphatic carbocycles. The van der Waals surface area contributed by atoms with Crippen LogP contribution in [0.3, 0.4) is 0 Å². The number of hydrogen-bond acceptors (Lipinski definition) is 6. The Morgan fingerprint density at radius 3 is 2.74 bits per heavy atom. The second-order valence-corrected chi connectivity index (χ2v) is 8.70. The molecule has 1 amide bonds. The number of fused-ring (bicyclic) bond motifs is 1. The third-order valence-corrected chi connectivity index (χ3v) is 6.46. The van der Waals surface area contributed by atoms with E-state index in [1.807, 2.05) is 30.3 Å². The smallest absolute Gasteiger partial charge is 0.250 e. The minimum Gasteiger partial charge on any atom is -0.480 e. The van der Waals surface area contributed by atoms with Crippen molar-refractivity contribution in [2.75, 3.05) is 33.9 Å². The monoisotopic (exact) mass is 505 g/mol. The lowest BCUT2D eigenvalue weighted by Crippen LogP contribution is -2.41. The number of benzene rings is 2. The maximum atomic E-state index is 15.9. The maximum Gasteiger partial charge on any atom is 0.250 e. The van der Waals surface area contributed by atoms with E-state index in [2.05, 4.69) is 10.3 Å². The Hall–Kier alpha value is -2.85. The van der Waals surface area contributed by atoms with E-state index >= 15 is 8.78 Å². The first-order valence-corrected chi connectivity index (χ1v) is 11.4. The summed E-state index contributed by atoms with van der Waals surface area (Å²) < 4.78 is 47.7. The molecule has 35 heavy (non-hydrogen) atoms. The SMILES string of the molecule is CNC[C@@]1(c2ccccc2)Cc2c(cc(F)c(Cl)c2C2=C(C(N)=O)C=NC(OCCOC)C2F)O1. The molecule has 2 unspecified atom stereocenters. The van der Waals surface area contributed by atoms with Crippen LogP contribution in [0.4, 0.5) is 8.78 Å². The first-order chi connectivity index (χ1) is 16.8. The highest BCUT2D eigenvalue weighted by molar-refractivity contribution is 6.33. The van der Waals surface area contributed by atoms with E-state index in [-0.39, 0.29) is 47.1 Å². The number of primary amides is 1. The fourth-order valence-corrected chi connectivity index (χ4v) is 4.81. The Labute approximate surface area is 206 Å². The van der Waals surface area contributed by atoms with Crippen molar-refractivity contribution in [3.8, 4) is 5.75 Å². The van der Waals surface area contributed by atoms with Crippen LogP contribution in [-0.2, 0) is 26.3 Å². The van der Waals surface area contributed by atoms with E-state index in [0.29, 0.717) is 12.1 Å². The second-order valence-electron chi connectivity index (χ2n) is 8.32. The van der Waals surface area contributed by atoms with E-state index in [1.165, 1.54) is 13.2 Å². The molecule has 3 atom stereocenters. The van der Waals surface area contributed by atoms with Crippen molar-refractivity contribution in [3.05, 3.63) is 69.5 Å². The van der Waals surface area contributed by atoms with Gasteiger partial charge in [-0.1, -0.05) is 41.9 Å². The van der Waals surface area contributed by atoms with Gasteiger partial charge in [-0.15, -0.1) is 0 Å². The highest BCUT2D eigenvalue weighted by Crippen LogP contribution is 2.49. The first-order valence-electron chi connectivity index (χ1n) is 11.0. The van der Waals surface area contributed by atoms with Crippen molar-refractivity contribution in [2.45, 2.75) is 24.4 Å². The van der Waals surface area contributed by atoms with Crippen molar-refractivity contribution in [3.63, 3.8) is 0 Å². The van der Waals surface area contributed by atoms with Crippen LogP contribution in [0.15, 0.2) is 47.0 Å². The summed E-state index contributed by atoms with van der Waals surface area (Å²) >= 11 is 6.43. The Kier molecular flexibility index (Phi) is 7.51. The molecule has 2 aromatic rings. The van der Waals surface area contributed by atoms with Crippen LogP contribution in [0.1, 0.15) is 16.7 Å². The third-order valence-electron chi connectivity index (χ3n) is 6.09. The Morgan fingerprint density at radius 2 is 2.09 bits per heavy atom. The topological polar surface area (TPSA) is 95.2 Å². The summed E-state index contributed by atoms with van der Waals surface area (Å²) in [4.78, 5) is 16.3. The van der Waals surface area contributed by atoms with Crippen molar-refractivity contribution in [1.29, 1.82) is 0 Å². The molecule has 2 aromatic carbocycles. The number of aliphatic imine (C=N–C) groups is 1. The van der Waals surface area contributed by atoms with Crippen molar-refractivity contribution >= 4 is 29.3 Å². The second kappa shape index (κ2) is 10.4. The molecule has 0 saturated carbocycles. The van der Waals surface area contributed by atoms with E-state index in [1.54, 1.807) is 7.05 Å². The zero-order valence-corrected chi connectivity index (χ0v) is 20.1. The zero-order chi connectivity index (χ0) is 25.2. The molecular weight excluding hydrogens is 480 g/mol. The van der Waals surface area contributed by atoms with Gasteiger partial charge in [0.2, 0.25) is 0 Å². The minimum absolute atomic E-state index is 0.0309. The number of methoxy groups -OCH3 is 1. The largest absolute Gasteiger partial charge is 0.480 e. The van der Waals surface area contributed by atoms with Gasteiger partial charge in [-0.25, -0.2) is 8.78 Å².